The van der Waals surface area contributed by atoms with Crippen molar-refractivity contribution in [3.05, 3.63) is 0 Å². The largest absolute Gasteiger partial charge is 0.466 e. The van der Waals surface area contributed by atoms with Crippen LogP contribution in [0.2, 0.25) is 0 Å². The smallest absolute Gasteiger partial charge is 0.306 e. The van der Waals surface area contributed by atoms with E-state index in [1.54, 1.807) is 0 Å². The summed E-state index contributed by atoms with van der Waals surface area (Å²) in [6.45, 7) is 6.93. The van der Waals surface area contributed by atoms with Gasteiger partial charge >= 0.3 is 47.8 Å². The van der Waals surface area contributed by atoms with Crippen molar-refractivity contribution in [2.24, 2.45) is 0 Å². The Bertz CT molecular complexity index is 1440. The highest BCUT2D eigenvalue weighted by Gasteiger charge is 2.20. The molecule has 0 aliphatic rings. The molecule has 0 fully saturated rings. The lowest BCUT2D eigenvalue weighted by molar-refractivity contribution is -0.167. The van der Waals surface area contributed by atoms with Crippen LogP contribution in [-0.2, 0) is 76.3 Å². The summed E-state index contributed by atoms with van der Waals surface area (Å²) in [7, 11) is 0. The number of hydrogen-bond donors (Lipinski definition) is 1. The van der Waals surface area contributed by atoms with Crippen LogP contribution >= 0.6 is 0 Å². The number of ether oxygens (including phenoxy) is 8. The van der Waals surface area contributed by atoms with Crippen molar-refractivity contribution < 1.29 is 81.4 Å². The second kappa shape index (κ2) is 51.2. The van der Waals surface area contributed by atoms with Gasteiger partial charge in [-0.15, -0.1) is 0 Å². The molecule has 424 valence electrons. The lowest BCUT2D eigenvalue weighted by Gasteiger charge is -2.18. The molecule has 0 spiro atoms. The van der Waals surface area contributed by atoms with E-state index >= 15 is 0 Å². The summed E-state index contributed by atoms with van der Waals surface area (Å²) in [6.07, 6.45) is 21.9. The van der Waals surface area contributed by atoms with E-state index in [2.05, 4.69) is 0 Å². The Morgan fingerprint density at radius 3 is 0.822 bits per heavy atom. The topological polar surface area (TPSA) is 231 Å². The van der Waals surface area contributed by atoms with Gasteiger partial charge in [0.05, 0.1) is 26.4 Å². The Morgan fingerprint density at radius 2 is 0.534 bits per heavy atom. The van der Waals surface area contributed by atoms with Gasteiger partial charge in [-0.1, -0.05) is 117 Å². The van der Waals surface area contributed by atoms with Crippen LogP contribution in [0, 0.1) is 0 Å². The molecule has 0 bridgehead atoms. The standard InChI is InChI=1S/C56H98O17/c1-4-7-41-66-49(58)30-22-14-10-18-26-34-53(62)70-45-48(73-56(65)37-29-21-13-17-24-32-51(60)68-43-9-6-3)46-71-54(63)35-27-19-11-15-25-33-52(61)69-44-39-47(38-40-57)72-55(64)36-28-20-12-16-23-31-50(59)67-42-8-5-2/h47-48,57H,4-46H2,1-3H3. The van der Waals surface area contributed by atoms with E-state index in [0.717, 1.165) is 135 Å². The molecule has 0 aromatic carbocycles. The normalized spacial score (nSPS) is 11.8. The molecule has 17 nitrogen and oxygen atoms in total. The highest BCUT2D eigenvalue weighted by molar-refractivity contribution is 5.72. The van der Waals surface area contributed by atoms with Crippen LogP contribution in [0.1, 0.15) is 252 Å². The number of unbranched alkanes of at least 4 members (excludes halogenated alkanes) is 19. The van der Waals surface area contributed by atoms with Gasteiger partial charge in [0.2, 0.25) is 0 Å². The number of hydrogen-bond acceptors (Lipinski definition) is 17. The summed E-state index contributed by atoms with van der Waals surface area (Å²) in [6, 6.07) is 0. The molecule has 0 heterocycles. The number of carbonyl (C=O) groups excluding carboxylic acids is 8. The first kappa shape index (κ1) is 68.7. The number of aliphatic hydroxyl groups excluding tert-OH is 1. The van der Waals surface area contributed by atoms with Crippen molar-refractivity contribution in [3.8, 4) is 0 Å². The first-order chi connectivity index (χ1) is 35.4. The minimum atomic E-state index is -0.955. The number of carbonyl (C=O) groups is 8. The van der Waals surface area contributed by atoms with Gasteiger partial charge in [0, 0.05) is 70.8 Å². The van der Waals surface area contributed by atoms with Crippen molar-refractivity contribution in [1.29, 1.82) is 0 Å². The highest BCUT2D eigenvalue weighted by atomic mass is 16.6. The third kappa shape index (κ3) is 48.4. The fourth-order valence-electron chi connectivity index (χ4n) is 7.39. The van der Waals surface area contributed by atoms with E-state index < -0.39 is 30.1 Å². The van der Waals surface area contributed by atoms with Gasteiger partial charge in [-0.3, -0.25) is 38.4 Å². The summed E-state index contributed by atoms with van der Waals surface area (Å²) in [5.74, 6) is -2.61. The van der Waals surface area contributed by atoms with Crippen LogP contribution < -0.4 is 0 Å². The zero-order valence-corrected chi connectivity index (χ0v) is 45.5. The molecule has 1 N–H and O–H groups in total. The SMILES string of the molecule is CCCCOC(=O)CCCCCCCC(=O)OCC(COC(=O)CCCCCCCC(=O)OCCC(CCO)OC(=O)CCCCCCCC(=O)OCCCC)OC(=O)CCCCCCCC(=O)OCCCC. The molecule has 0 aromatic rings. The van der Waals surface area contributed by atoms with Crippen LogP contribution in [-0.4, -0.2) is 111 Å². The van der Waals surface area contributed by atoms with Crippen molar-refractivity contribution in [1.82, 2.24) is 0 Å². The quantitative estimate of drug-likeness (QED) is 0.0339. The first-order valence-corrected chi connectivity index (χ1v) is 28.4. The lowest BCUT2D eigenvalue weighted by atomic mass is 10.1. The van der Waals surface area contributed by atoms with Gasteiger partial charge < -0.3 is 43.0 Å². The van der Waals surface area contributed by atoms with Crippen molar-refractivity contribution in [3.63, 3.8) is 0 Å². The molecular formula is C56H98O17. The molecule has 0 saturated carbocycles. The Morgan fingerprint density at radius 1 is 0.288 bits per heavy atom. The maximum absolute atomic E-state index is 12.8. The summed E-state index contributed by atoms with van der Waals surface area (Å²) in [5.41, 5.74) is 0. The van der Waals surface area contributed by atoms with Crippen LogP contribution in [0.3, 0.4) is 0 Å². The zero-order valence-electron chi connectivity index (χ0n) is 45.5. The van der Waals surface area contributed by atoms with E-state index in [4.69, 9.17) is 37.9 Å². The molecule has 0 saturated heterocycles. The molecule has 0 aliphatic carbocycles. The van der Waals surface area contributed by atoms with Gasteiger partial charge in [0.25, 0.3) is 0 Å². The fraction of sp³-hybridized carbons (Fsp3) is 0.857. The maximum atomic E-state index is 12.8. The van der Waals surface area contributed by atoms with Gasteiger partial charge in [-0.05, 0) is 70.6 Å². The average molecular weight is 1040 g/mol. The van der Waals surface area contributed by atoms with Crippen molar-refractivity contribution >= 4 is 47.8 Å². The van der Waals surface area contributed by atoms with Crippen LogP contribution in [0.5, 0.6) is 0 Å². The zero-order chi connectivity index (χ0) is 53.8. The predicted octanol–water partition coefficient (Wildman–Crippen LogP) is 11.2. The van der Waals surface area contributed by atoms with Crippen molar-refractivity contribution in [2.45, 2.75) is 264 Å². The third-order valence-corrected chi connectivity index (χ3v) is 11.9. The average Bonchev–Trinajstić information content (AvgIpc) is 3.36. The molecule has 0 aliphatic heterocycles. The molecule has 0 radical (unpaired) electrons. The van der Waals surface area contributed by atoms with E-state index in [1.165, 1.54) is 0 Å². The highest BCUT2D eigenvalue weighted by Crippen LogP contribution is 2.15. The van der Waals surface area contributed by atoms with Gasteiger partial charge in [0.1, 0.15) is 19.3 Å². The molecule has 0 aromatic heterocycles. The Labute approximate surface area is 438 Å². The Balaban J connectivity index is 4.50. The molecule has 73 heavy (non-hydrogen) atoms. The number of aliphatic hydroxyl groups is 1. The van der Waals surface area contributed by atoms with Gasteiger partial charge in [-0.25, -0.2) is 0 Å². The fourth-order valence-corrected chi connectivity index (χ4v) is 7.39. The summed E-state index contributed by atoms with van der Waals surface area (Å²) < 4.78 is 42.9. The molecule has 17 heteroatoms. The third-order valence-electron chi connectivity index (χ3n) is 11.9. The molecule has 0 amide bonds. The summed E-state index contributed by atoms with van der Waals surface area (Å²) in [5, 5.41) is 9.44. The van der Waals surface area contributed by atoms with E-state index in [1.807, 2.05) is 20.8 Å². The summed E-state index contributed by atoms with van der Waals surface area (Å²) >= 11 is 0. The monoisotopic (exact) mass is 1040 g/mol. The van der Waals surface area contributed by atoms with Crippen LogP contribution in [0.4, 0.5) is 0 Å². The maximum Gasteiger partial charge on any atom is 0.306 e. The van der Waals surface area contributed by atoms with Gasteiger partial charge in [-0.2, -0.15) is 0 Å². The second-order valence-corrected chi connectivity index (χ2v) is 18.9. The molecule has 2 atom stereocenters. The Kier molecular flexibility index (Phi) is 48.2. The van der Waals surface area contributed by atoms with Crippen LogP contribution in [0.25, 0.3) is 0 Å². The van der Waals surface area contributed by atoms with E-state index in [0.29, 0.717) is 77.6 Å². The second-order valence-electron chi connectivity index (χ2n) is 18.9. The summed E-state index contributed by atoms with van der Waals surface area (Å²) in [4.78, 5) is 97.9. The van der Waals surface area contributed by atoms with E-state index in [-0.39, 0.29) is 94.8 Å². The number of rotatable bonds is 52. The van der Waals surface area contributed by atoms with Crippen molar-refractivity contribution in [2.75, 3.05) is 46.2 Å². The first-order valence-electron chi connectivity index (χ1n) is 28.4. The number of esters is 8. The minimum Gasteiger partial charge on any atom is -0.466 e. The van der Waals surface area contributed by atoms with Crippen LogP contribution in [0.15, 0.2) is 0 Å². The van der Waals surface area contributed by atoms with E-state index in [9.17, 15) is 43.5 Å². The minimum absolute atomic E-state index is 0.0747. The van der Waals surface area contributed by atoms with Gasteiger partial charge in [0.15, 0.2) is 6.10 Å². The predicted molar refractivity (Wildman–Crippen MR) is 276 cm³/mol. The molecule has 2 unspecified atom stereocenters. The Hall–Kier alpha value is -4.28. The molecular weight excluding hydrogens is 945 g/mol. The lowest BCUT2D eigenvalue weighted by Crippen LogP contribution is -2.30. The molecule has 0 rings (SSSR count).